The minimum atomic E-state index is -4.37. The van der Waals surface area contributed by atoms with Crippen LogP contribution in [0.2, 0.25) is 0 Å². The molecule has 2 atom stereocenters. The molecule has 10 nitrogen and oxygen atoms in total. The van der Waals surface area contributed by atoms with Crippen LogP contribution in [0, 0.1) is 5.92 Å². The van der Waals surface area contributed by atoms with E-state index in [1.54, 1.807) is 6.07 Å². The van der Waals surface area contributed by atoms with Crippen LogP contribution >= 0.6 is 0 Å². The van der Waals surface area contributed by atoms with Crippen molar-refractivity contribution in [2.45, 2.75) is 24.7 Å². The number of furan rings is 1. The first-order valence-electron chi connectivity index (χ1n) is 11.7. The molecule has 0 spiro atoms. The highest BCUT2D eigenvalue weighted by Crippen LogP contribution is 2.38. The number of amides is 1. The number of anilines is 4. The molecule has 7 N–H and O–H groups in total. The van der Waals surface area contributed by atoms with Gasteiger partial charge < -0.3 is 36.5 Å². The van der Waals surface area contributed by atoms with Crippen LogP contribution in [-0.4, -0.2) is 78.5 Å². The maximum Gasteiger partial charge on any atom is 0.393 e. The molecule has 2 saturated heterocycles. The molecule has 0 radical (unpaired) electrons. The predicted molar refractivity (Wildman–Crippen MR) is 129 cm³/mol. The lowest BCUT2D eigenvalue weighted by atomic mass is 9.93. The van der Waals surface area contributed by atoms with Crippen molar-refractivity contribution in [3.8, 4) is 0 Å². The lowest BCUT2D eigenvalue weighted by Gasteiger charge is -2.39. The number of nitrogens with one attached hydrogen (secondary N) is 2. The number of aliphatic hydroxyl groups excluding tert-OH is 1. The first-order chi connectivity index (χ1) is 17.1. The predicted octanol–water partition coefficient (Wildman–Crippen LogP) is 1.71. The summed E-state index contributed by atoms with van der Waals surface area (Å²) in [5, 5.41) is 15.4. The zero-order chi connectivity index (χ0) is 25.6. The molecule has 0 aliphatic carbocycles. The summed E-state index contributed by atoms with van der Waals surface area (Å²) < 4.78 is 45.9. The van der Waals surface area contributed by atoms with Crippen molar-refractivity contribution >= 4 is 34.9 Å². The first kappa shape index (κ1) is 24.4. The van der Waals surface area contributed by atoms with E-state index in [4.69, 9.17) is 15.9 Å². The Balaban J connectivity index is 1.35. The van der Waals surface area contributed by atoms with Gasteiger partial charge >= 0.3 is 6.18 Å². The number of halogens is 3. The van der Waals surface area contributed by atoms with Crippen molar-refractivity contribution in [3.05, 3.63) is 35.4 Å². The maximum absolute atomic E-state index is 13.4. The number of carbonyl (C=O) groups excluding carboxylic acids is 1. The number of pyridine rings is 1. The summed E-state index contributed by atoms with van der Waals surface area (Å²) in [6, 6.07) is 0.887. The molecule has 36 heavy (non-hydrogen) atoms. The zero-order valence-corrected chi connectivity index (χ0v) is 19.4. The van der Waals surface area contributed by atoms with Gasteiger partial charge in [-0.15, -0.1) is 0 Å². The SMILES string of the molecule is Nc1oc2c(c1C(=O)Nc1cnccc1N1C[C@@H](N)C[C@@H](C(F)(F)F)C1)NCC(CN1CC(O)C1)=C2. The summed E-state index contributed by atoms with van der Waals surface area (Å²) in [6.07, 6.45) is -0.164. The lowest BCUT2D eigenvalue weighted by molar-refractivity contribution is -0.177. The van der Waals surface area contributed by atoms with Gasteiger partial charge in [0.05, 0.1) is 35.3 Å². The number of piperidine rings is 1. The average Bonchev–Trinajstić information content (AvgIpc) is 3.12. The molecule has 13 heteroatoms. The molecule has 0 aromatic carbocycles. The Morgan fingerprint density at radius 1 is 1.31 bits per heavy atom. The summed E-state index contributed by atoms with van der Waals surface area (Å²) in [7, 11) is 0. The van der Waals surface area contributed by atoms with Crippen LogP contribution in [0.15, 0.2) is 28.5 Å². The van der Waals surface area contributed by atoms with Gasteiger partial charge in [0.2, 0.25) is 5.88 Å². The summed E-state index contributed by atoms with van der Waals surface area (Å²) in [5.74, 6) is -1.80. The van der Waals surface area contributed by atoms with E-state index in [9.17, 15) is 23.1 Å². The highest BCUT2D eigenvalue weighted by atomic mass is 19.4. The third kappa shape index (κ3) is 4.86. The second-order valence-electron chi connectivity index (χ2n) is 9.57. The van der Waals surface area contributed by atoms with Crippen LogP contribution < -0.4 is 27.0 Å². The number of hydrogen-bond acceptors (Lipinski definition) is 9. The van der Waals surface area contributed by atoms with E-state index in [2.05, 4.69) is 20.5 Å². The van der Waals surface area contributed by atoms with Gasteiger partial charge in [0, 0.05) is 51.5 Å². The molecule has 5 heterocycles. The summed E-state index contributed by atoms with van der Waals surface area (Å²) in [5.41, 5.74) is 14.2. The Morgan fingerprint density at radius 2 is 2.08 bits per heavy atom. The van der Waals surface area contributed by atoms with E-state index in [0.29, 0.717) is 43.3 Å². The number of nitrogen functional groups attached to an aromatic ring is 1. The molecular weight excluding hydrogens is 479 g/mol. The molecule has 2 aromatic rings. The van der Waals surface area contributed by atoms with Gasteiger partial charge in [-0.1, -0.05) is 0 Å². The fraction of sp³-hybridized carbons (Fsp3) is 0.478. The Bertz CT molecular complexity index is 1180. The number of aliphatic hydroxyl groups is 1. The fourth-order valence-electron chi connectivity index (χ4n) is 4.98. The van der Waals surface area contributed by atoms with E-state index < -0.39 is 24.0 Å². The first-order valence-corrected chi connectivity index (χ1v) is 11.7. The molecule has 2 fully saturated rings. The van der Waals surface area contributed by atoms with E-state index >= 15 is 0 Å². The largest absolute Gasteiger partial charge is 0.438 e. The molecule has 5 rings (SSSR count). The molecule has 3 aliphatic rings. The van der Waals surface area contributed by atoms with Crippen molar-refractivity contribution < 1.29 is 27.5 Å². The Hall–Kier alpha value is -3.29. The molecular formula is C23H28F3N7O3. The number of aromatic nitrogens is 1. The summed E-state index contributed by atoms with van der Waals surface area (Å²) in [6.45, 7) is 2.29. The van der Waals surface area contributed by atoms with Gasteiger partial charge in [-0.3, -0.25) is 14.7 Å². The van der Waals surface area contributed by atoms with Crippen molar-refractivity contribution in [3.63, 3.8) is 0 Å². The van der Waals surface area contributed by atoms with Gasteiger partial charge in [0.1, 0.15) is 5.56 Å². The topological polar surface area (TPSA) is 146 Å². The fourth-order valence-corrected chi connectivity index (χ4v) is 4.98. The normalized spacial score (nSPS) is 22.9. The van der Waals surface area contributed by atoms with Crippen molar-refractivity contribution in [2.75, 3.05) is 60.5 Å². The second kappa shape index (κ2) is 9.30. The minimum Gasteiger partial charge on any atom is -0.438 e. The third-order valence-corrected chi connectivity index (χ3v) is 6.71. The number of likely N-dealkylation sites (tertiary alicyclic amines) is 1. The van der Waals surface area contributed by atoms with Crippen molar-refractivity contribution in [2.24, 2.45) is 11.7 Å². The van der Waals surface area contributed by atoms with Crippen LogP contribution in [0.25, 0.3) is 6.08 Å². The number of fused-ring (bicyclic) bond motifs is 1. The number of alkyl halides is 3. The van der Waals surface area contributed by atoms with Crippen molar-refractivity contribution in [1.29, 1.82) is 0 Å². The molecule has 194 valence electrons. The Kier molecular flexibility index (Phi) is 6.30. The smallest absolute Gasteiger partial charge is 0.393 e. The summed E-state index contributed by atoms with van der Waals surface area (Å²) >= 11 is 0. The average molecular weight is 508 g/mol. The number of nitrogens with zero attached hydrogens (tertiary/aromatic N) is 3. The van der Waals surface area contributed by atoms with Gasteiger partial charge in [-0.05, 0) is 24.1 Å². The number of hydrogen-bond donors (Lipinski definition) is 5. The van der Waals surface area contributed by atoms with Crippen LogP contribution in [-0.2, 0) is 0 Å². The molecule has 2 aromatic heterocycles. The quantitative estimate of drug-likeness (QED) is 0.408. The number of carbonyl (C=O) groups is 1. The van der Waals surface area contributed by atoms with Crippen LogP contribution in [0.5, 0.6) is 0 Å². The lowest BCUT2D eigenvalue weighted by Crippen LogP contribution is -2.51. The monoisotopic (exact) mass is 507 g/mol. The van der Waals surface area contributed by atoms with E-state index in [1.165, 1.54) is 17.3 Å². The zero-order valence-electron chi connectivity index (χ0n) is 19.4. The van der Waals surface area contributed by atoms with E-state index in [0.717, 1.165) is 5.57 Å². The van der Waals surface area contributed by atoms with Crippen LogP contribution in [0.4, 0.5) is 36.1 Å². The van der Waals surface area contributed by atoms with Gasteiger partial charge in [0.25, 0.3) is 5.91 Å². The van der Waals surface area contributed by atoms with Crippen LogP contribution in [0.1, 0.15) is 22.5 Å². The van der Waals surface area contributed by atoms with E-state index in [1.807, 2.05) is 6.08 Å². The Labute approximate surface area is 205 Å². The van der Waals surface area contributed by atoms with Gasteiger partial charge in [0.15, 0.2) is 5.76 Å². The molecule has 0 saturated carbocycles. The maximum atomic E-state index is 13.4. The number of β-amino-alcohol motifs (C(OH)–C–C–N with tert-alkyl or cyclic N) is 1. The second-order valence-corrected chi connectivity index (χ2v) is 9.57. The molecule has 3 aliphatic heterocycles. The number of nitrogens with two attached hydrogens (primary N) is 2. The van der Waals surface area contributed by atoms with Gasteiger partial charge in [-0.2, -0.15) is 13.2 Å². The molecule has 0 bridgehead atoms. The highest BCUT2D eigenvalue weighted by Gasteiger charge is 2.44. The Morgan fingerprint density at radius 3 is 2.81 bits per heavy atom. The van der Waals surface area contributed by atoms with Crippen molar-refractivity contribution in [1.82, 2.24) is 9.88 Å². The molecule has 0 unspecified atom stereocenters. The van der Waals surface area contributed by atoms with E-state index in [-0.39, 0.29) is 42.7 Å². The molecule has 1 amide bonds. The highest BCUT2D eigenvalue weighted by molar-refractivity contribution is 6.13. The third-order valence-electron chi connectivity index (χ3n) is 6.71. The summed E-state index contributed by atoms with van der Waals surface area (Å²) in [4.78, 5) is 20.9. The minimum absolute atomic E-state index is 0.0792. The van der Waals surface area contributed by atoms with Crippen LogP contribution in [0.3, 0.4) is 0 Å². The standard InChI is InChI=1S/C23H28F3N7O3/c24-23(25,26)13-4-14(27)9-33(8-13)17-1-2-29-6-16(17)31-22(35)19-20-18(36-21(19)28)3-12(5-30-20)7-32-10-15(34)11-32/h1-3,6,13-15,30,34H,4-5,7-11,27-28H2,(H,31,35)/t13-,14+/m1/s1. The number of rotatable bonds is 5. The van der Waals surface area contributed by atoms with Gasteiger partial charge in [-0.25, -0.2) is 0 Å².